The number of likely N-dealkylation sites (tertiary alicyclic amines) is 1. The second-order valence-corrected chi connectivity index (χ2v) is 18.7. The summed E-state index contributed by atoms with van der Waals surface area (Å²) in [5.41, 5.74) is 5.27. The van der Waals surface area contributed by atoms with Gasteiger partial charge in [0.25, 0.3) is 0 Å². The van der Waals surface area contributed by atoms with Crippen LogP contribution >= 0.6 is 0 Å². The molecule has 350 valence electrons. The number of hydrogen-bond donors (Lipinski definition) is 3. The van der Waals surface area contributed by atoms with Gasteiger partial charge in [0.15, 0.2) is 0 Å². The fraction of sp³-hybridized carbons (Fsp3) is 0.469. The van der Waals surface area contributed by atoms with Crippen molar-refractivity contribution in [1.82, 2.24) is 44.8 Å². The van der Waals surface area contributed by atoms with Crippen molar-refractivity contribution < 1.29 is 23.6 Å². The van der Waals surface area contributed by atoms with Crippen molar-refractivity contribution in [3.8, 4) is 28.3 Å². The van der Waals surface area contributed by atoms with Gasteiger partial charge in [-0.05, 0) is 88.8 Å². The van der Waals surface area contributed by atoms with Crippen LogP contribution in [0.4, 0.5) is 21.6 Å². The molecule has 1 atom stereocenters. The summed E-state index contributed by atoms with van der Waals surface area (Å²) in [5, 5.41) is 27.8. The predicted molar refractivity (Wildman–Crippen MR) is 252 cm³/mol. The van der Waals surface area contributed by atoms with E-state index in [1.165, 1.54) is 6.07 Å². The normalized spacial score (nSPS) is 19.4. The number of nitriles is 1. The van der Waals surface area contributed by atoms with E-state index in [1.54, 1.807) is 22.8 Å². The highest BCUT2D eigenvalue weighted by Gasteiger charge is 2.40. The predicted octanol–water partition coefficient (Wildman–Crippen LogP) is 4.99. The van der Waals surface area contributed by atoms with Gasteiger partial charge in [-0.2, -0.15) is 15.5 Å². The summed E-state index contributed by atoms with van der Waals surface area (Å²) in [5.74, 6) is -0.0197. The van der Waals surface area contributed by atoms with Crippen LogP contribution in [-0.2, 0) is 19.2 Å². The van der Waals surface area contributed by atoms with Crippen LogP contribution in [0.25, 0.3) is 27.8 Å². The third kappa shape index (κ3) is 9.55. The number of nitrogens with zero attached hydrogens (tertiary/aromatic N) is 10. The Kier molecular flexibility index (Phi) is 12.9. The molecule has 0 radical (unpaired) electrons. The van der Waals surface area contributed by atoms with Gasteiger partial charge in [-0.3, -0.25) is 34.1 Å². The Morgan fingerprint density at radius 2 is 1.67 bits per heavy atom. The van der Waals surface area contributed by atoms with Crippen LogP contribution < -0.4 is 25.8 Å². The van der Waals surface area contributed by atoms with E-state index < -0.39 is 17.8 Å². The molecule has 4 amide bonds. The number of piperidine rings is 3. The number of anilines is 3. The summed E-state index contributed by atoms with van der Waals surface area (Å²) in [6.45, 7) is 11.5. The number of aromatic nitrogens is 5. The molecule has 67 heavy (non-hydrogen) atoms. The number of piperazine rings is 1. The first-order chi connectivity index (χ1) is 32.4. The van der Waals surface area contributed by atoms with Crippen LogP contribution in [0.2, 0.25) is 0 Å². The van der Waals surface area contributed by atoms with Gasteiger partial charge in [0.2, 0.25) is 23.6 Å². The third-order valence-electron chi connectivity index (χ3n) is 14.1. The lowest BCUT2D eigenvalue weighted by atomic mass is 9.75. The standard InChI is InChI=1S/C49H58FN13O4/c1-4-49(48(67)55-32(2)3)13-17-60(18-14-49)43-9-5-33(26-52-43)39-23-34(29-63-46(39)35(25-51)27-54-63)36-28-53-62(30-36)38-11-15-61(16-12-38)45(65)31-58-19-21-59(22-20-58)42-8-6-37(24-40(42)50)56-41-7-10-44(64)57-47(41)66/h5-6,8-9,23-24,26-30,32,38,41,56H,4,7,10-22,31H2,1-3H3,(H,55,67)(H,57,64,66). The van der Waals surface area contributed by atoms with Gasteiger partial charge in [-0.1, -0.05) is 6.92 Å². The maximum absolute atomic E-state index is 15.3. The Morgan fingerprint density at radius 1 is 0.896 bits per heavy atom. The molecule has 8 heterocycles. The fourth-order valence-electron chi connectivity index (χ4n) is 10.0. The minimum absolute atomic E-state index is 0.0861. The van der Waals surface area contributed by atoms with Gasteiger partial charge in [-0.15, -0.1) is 0 Å². The van der Waals surface area contributed by atoms with Crippen LogP contribution in [0, 0.1) is 22.6 Å². The molecule has 4 aliphatic heterocycles. The van der Waals surface area contributed by atoms with E-state index in [0.29, 0.717) is 74.7 Å². The number of fused-ring (bicyclic) bond motifs is 1. The number of benzene rings is 1. The van der Waals surface area contributed by atoms with Crippen LogP contribution in [-0.4, -0.2) is 129 Å². The molecule has 0 saturated carbocycles. The maximum atomic E-state index is 15.3. The number of rotatable bonds is 12. The quantitative estimate of drug-likeness (QED) is 0.143. The Morgan fingerprint density at radius 3 is 2.34 bits per heavy atom. The number of hydrogen-bond acceptors (Lipinski definition) is 12. The van der Waals surface area contributed by atoms with Crippen molar-refractivity contribution in [2.75, 3.05) is 74.0 Å². The molecular weight excluding hydrogens is 854 g/mol. The first kappa shape index (κ1) is 45.3. The summed E-state index contributed by atoms with van der Waals surface area (Å²) in [6.07, 6.45) is 13.7. The maximum Gasteiger partial charge on any atom is 0.249 e. The third-order valence-corrected chi connectivity index (χ3v) is 14.1. The molecule has 4 aromatic heterocycles. The zero-order valence-electron chi connectivity index (χ0n) is 38.4. The number of pyridine rings is 2. The van der Waals surface area contributed by atoms with E-state index in [2.05, 4.69) is 49.9 Å². The minimum Gasteiger partial charge on any atom is -0.374 e. The highest BCUT2D eigenvalue weighted by atomic mass is 19.1. The van der Waals surface area contributed by atoms with Crippen LogP contribution in [0.1, 0.15) is 77.3 Å². The summed E-state index contributed by atoms with van der Waals surface area (Å²) < 4.78 is 19.0. The van der Waals surface area contributed by atoms with Crippen molar-refractivity contribution >= 4 is 46.3 Å². The lowest BCUT2D eigenvalue weighted by molar-refractivity contribution is -0.134. The van der Waals surface area contributed by atoms with E-state index in [4.69, 9.17) is 10.1 Å². The first-order valence-electron chi connectivity index (χ1n) is 23.5. The molecule has 18 heteroatoms. The highest BCUT2D eigenvalue weighted by molar-refractivity contribution is 6.01. The SMILES string of the molecule is CCC1(C(=O)NC(C)C)CCN(c2ccc(-c3cc(-c4cnn(C5CCN(C(=O)CN6CCN(c7ccc(NC8CCC(=O)NC8=O)cc7F)CC6)CC5)c4)cn4ncc(C#N)c34)cn2)CC1. The summed E-state index contributed by atoms with van der Waals surface area (Å²) in [4.78, 5) is 63.4. The number of imide groups is 1. The number of amides is 4. The topological polar surface area (TPSA) is 189 Å². The smallest absolute Gasteiger partial charge is 0.249 e. The summed E-state index contributed by atoms with van der Waals surface area (Å²) in [6, 6.07) is 12.9. The molecule has 1 unspecified atom stereocenters. The fourth-order valence-corrected chi connectivity index (χ4v) is 10.0. The largest absolute Gasteiger partial charge is 0.374 e. The molecule has 4 aliphatic rings. The van der Waals surface area contributed by atoms with Gasteiger partial charge in [0.1, 0.15) is 23.7 Å². The molecule has 1 aromatic carbocycles. The molecule has 0 bridgehead atoms. The second kappa shape index (κ2) is 19.2. The molecule has 0 spiro atoms. The van der Waals surface area contributed by atoms with E-state index in [9.17, 15) is 24.4 Å². The summed E-state index contributed by atoms with van der Waals surface area (Å²) in [7, 11) is 0. The van der Waals surface area contributed by atoms with Crippen molar-refractivity contribution in [3.05, 3.63) is 78.8 Å². The van der Waals surface area contributed by atoms with Crippen molar-refractivity contribution in [1.29, 1.82) is 5.26 Å². The molecule has 4 fully saturated rings. The van der Waals surface area contributed by atoms with E-state index in [-0.39, 0.29) is 41.6 Å². The highest BCUT2D eigenvalue weighted by Crippen LogP contribution is 2.38. The van der Waals surface area contributed by atoms with E-state index in [0.717, 1.165) is 73.3 Å². The Hall–Kier alpha value is -6.87. The first-order valence-corrected chi connectivity index (χ1v) is 23.5. The molecule has 4 saturated heterocycles. The molecule has 9 rings (SSSR count). The minimum atomic E-state index is -0.588. The van der Waals surface area contributed by atoms with Gasteiger partial charge in [0.05, 0.1) is 47.2 Å². The van der Waals surface area contributed by atoms with Crippen LogP contribution in [0.15, 0.2) is 67.4 Å². The lowest BCUT2D eigenvalue weighted by Gasteiger charge is -2.41. The van der Waals surface area contributed by atoms with E-state index in [1.807, 2.05) is 65.2 Å². The summed E-state index contributed by atoms with van der Waals surface area (Å²) >= 11 is 0. The molecule has 17 nitrogen and oxygen atoms in total. The molecule has 3 N–H and O–H groups in total. The van der Waals surface area contributed by atoms with Gasteiger partial charge >= 0.3 is 0 Å². The average Bonchev–Trinajstić information content (AvgIpc) is 4.01. The number of nitrogens with one attached hydrogen (secondary N) is 3. The molecular formula is C49H58FN13O4. The number of carbonyl (C=O) groups is 4. The number of carbonyl (C=O) groups excluding carboxylic acids is 4. The van der Waals surface area contributed by atoms with Gasteiger partial charge in [0, 0.05) is 111 Å². The second-order valence-electron chi connectivity index (χ2n) is 18.7. The van der Waals surface area contributed by atoms with Crippen molar-refractivity contribution in [3.63, 3.8) is 0 Å². The Bertz CT molecular complexity index is 2680. The molecule has 5 aromatic rings. The zero-order chi connectivity index (χ0) is 46.8. The monoisotopic (exact) mass is 911 g/mol. The zero-order valence-corrected chi connectivity index (χ0v) is 38.4. The lowest BCUT2D eigenvalue weighted by Crippen LogP contribution is -2.51. The van der Waals surface area contributed by atoms with Crippen molar-refractivity contribution in [2.24, 2.45) is 5.41 Å². The van der Waals surface area contributed by atoms with E-state index >= 15 is 4.39 Å². The average molecular weight is 912 g/mol. The Balaban J connectivity index is 0.788. The van der Waals surface area contributed by atoms with Gasteiger partial charge in [-0.25, -0.2) is 13.9 Å². The van der Waals surface area contributed by atoms with Crippen molar-refractivity contribution in [2.45, 2.75) is 83.8 Å². The molecule has 0 aliphatic carbocycles. The number of halogens is 1. The van der Waals surface area contributed by atoms with Crippen LogP contribution in [0.5, 0.6) is 0 Å². The van der Waals surface area contributed by atoms with Gasteiger partial charge < -0.3 is 25.3 Å². The van der Waals surface area contributed by atoms with Crippen LogP contribution in [0.3, 0.4) is 0 Å². The Labute approximate surface area is 389 Å².